The molecule has 0 saturated carbocycles. The highest BCUT2D eigenvalue weighted by Gasteiger charge is 2.29. The molecule has 1 heterocycles. The minimum atomic E-state index is 0.205. The molecule has 23 heavy (non-hydrogen) atoms. The number of carbonyl (C=O) groups is 1. The van der Waals surface area contributed by atoms with Crippen LogP contribution in [-0.2, 0) is 11.3 Å². The number of unbranched alkanes of at least 4 members (excludes halogenated alkanes) is 3. The van der Waals surface area contributed by atoms with Crippen LogP contribution in [0.1, 0.15) is 51.0 Å². The third-order valence-electron chi connectivity index (χ3n) is 4.66. The van der Waals surface area contributed by atoms with Gasteiger partial charge in [0, 0.05) is 31.6 Å². The zero-order valence-electron chi connectivity index (χ0n) is 14.3. The number of nitrogens with one attached hydrogen (secondary N) is 1. The van der Waals surface area contributed by atoms with Gasteiger partial charge in [-0.05, 0) is 38.3 Å². The zero-order valence-corrected chi connectivity index (χ0v) is 14.3. The summed E-state index contributed by atoms with van der Waals surface area (Å²) in [6.45, 7) is 4.92. The molecule has 1 aromatic rings. The Balaban J connectivity index is 1.68. The fraction of sp³-hybridized carbons (Fsp3) is 0.632. The second kappa shape index (κ2) is 9.68. The molecule has 4 nitrogen and oxygen atoms in total. The topological polar surface area (TPSA) is 58.4 Å². The summed E-state index contributed by atoms with van der Waals surface area (Å²) in [6.07, 6.45) is 5.97. The van der Waals surface area contributed by atoms with Crippen molar-refractivity contribution in [3.63, 3.8) is 0 Å². The summed E-state index contributed by atoms with van der Waals surface area (Å²) in [7, 11) is 0. The maximum atomic E-state index is 12.0. The van der Waals surface area contributed by atoms with Gasteiger partial charge in [-0.1, -0.05) is 43.2 Å². The van der Waals surface area contributed by atoms with E-state index in [2.05, 4.69) is 41.4 Å². The van der Waals surface area contributed by atoms with E-state index in [1.54, 1.807) is 0 Å². The number of carbonyl (C=O) groups excluding carboxylic acids is 1. The third kappa shape index (κ3) is 6.32. The Labute approximate surface area is 140 Å². The molecule has 128 valence electrons. The molecule has 3 N–H and O–H groups in total. The SMILES string of the molecule is CC1CC(NC(=O)CCCCCCN)CN1Cc1ccccc1. The summed E-state index contributed by atoms with van der Waals surface area (Å²) in [5, 5.41) is 3.21. The Bertz CT molecular complexity index is 463. The Kier molecular flexibility index (Phi) is 7.56. The maximum Gasteiger partial charge on any atom is 0.220 e. The molecule has 2 unspecified atom stereocenters. The number of rotatable bonds is 9. The summed E-state index contributed by atoms with van der Waals surface area (Å²) in [5.41, 5.74) is 6.82. The summed E-state index contributed by atoms with van der Waals surface area (Å²) in [5.74, 6) is 0.205. The molecule has 1 aliphatic rings. The van der Waals surface area contributed by atoms with Crippen LogP contribution in [0.2, 0.25) is 0 Å². The van der Waals surface area contributed by atoms with E-state index >= 15 is 0 Å². The van der Waals surface area contributed by atoms with E-state index in [0.29, 0.717) is 18.5 Å². The lowest BCUT2D eigenvalue weighted by molar-refractivity contribution is -0.121. The van der Waals surface area contributed by atoms with Crippen molar-refractivity contribution in [1.29, 1.82) is 0 Å². The molecule has 0 aliphatic carbocycles. The van der Waals surface area contributed by atoms with Crippen molar-refractivity contribution in [2.75, 3.05) is 13.1 Å². The Hall–Kier alpha value is -1.39. The largest absolute Gasteiger partial charge is 0.352 e. The monoisotopic (exact) mass is 317 g/mol. The molecule has 1 amide bonds. The molecule has 0 bridgehead atoms. The molecule has 1 fully saturated rings. The van der Waals surface area contributed by atoms with Crippen LogP contribution in [0, 0.1) is 0 Å². The van der Waals surface area contributed by atoms with Gasteiger partial charge in [-0.15, -0.1) is 0 Å². The second-order valence-electron chi connectivity index (χ2n) is 6.72. The summed E-state index contributed by atoms with van der Waals surface area (Å²) < 4.78 is 0. The van der Waals surface area contributed by atoms with Crippen molar-refractivity contribution < 1.29 is 4.79 Å². The molecule has 1 saturated heterocycles. The predicted octanol–water partition coefficient (Wildman–Crippen LogP) is 2.67. The molecule has 4 heteroatoms. The first-order valence-corrected chi connectivity index (χ1v) is 8.96. The van der Waals surface area contributed by atoms with E-state index in [0.717, 1.165) is 51.7 Å². The molecule has 0 radical (unpaired) electrons. The van der Waals surface area contributed by atoms with E-state index in [-0.39, 0.29) is 5.91 Å². The zero-order chi connectivity index (χ0) is 16.5. The van der Waals surface area contributed by atoms with E-state index in [4.69, 9.17) is 5.73 Å². The fourth-order valence-corrected chi connectivity index (χ4v) is 3.32. The van der Waals surface area contributed by atoms with Gasteiger partial charge < -0.3 is 11.1 Å². The highest BCUT2D eigenvalue weighted by Crippen LogP contribution is 2.20. The molecular formula is C19H31N3O. The standard InChI is InChI=1S/C19H31N3O/c1-16-13-18(21-19(23)11-7-2-3-8-12-20)15-22(16)14-17-9-5-4-6-10-17/h4-6,9-10,16,18H,2-3,7-8,11-15,20H2,1H3,(H,21,23). The van der Waals surface area contributed by atoms with Crippen LogP contribution in [0.5, 0.6) is 0 Å². The number of hydrogen-bond donors (Lipinski definition) is 2. The van der Waals surface area contributed by atoms with Crippen LogP contribution < -0.4 is 11.1 Å². The van der Waals surface area contributed by atoms with Gasteiger partial charge in [0.05, 0.1) is 0 Å². The smallest absolute Gasteiger partial charge is 0.220 e. The van der Waals surface area contributed by atoms with Crippen molar-refractivity contribution in [3.8, 4) is 0 Å². The van der Waals surface area contributed by atoms with Gasteiger partial charge in [-0.2, -0.15) is 0 Å². The number of benzene rings is 1. The first-order chi connectivity index (χ1) is 11.2. The lowest BCUT2D eigenvalue weighted by atomic mass is 10.1. The van der Waals surface area contributed by atoms with Gasteiger partial charge in [0.15, 0.2) is 0 Å². The van der Waals surface area contributed by atoms with Crippen molar-refractivity contribution in [1.82, 2.24) is 10.2 Å². The summed E-state index contributed by atoms with van der Waals surface area (Å²) >= 11 is 0. The van der Waals surface area contributed by atoms with Crippen LogP contribution in [0.25, 0.3) is 0 Å². The normalized spacial score (nSPS) is 21.5. The molecular weight excluding hydrogens is 286 g/mol. The first-order valence-electron chi connectivity index (χ1n) is 8.96. The number of likely N-dealkylation sites (tertiary alicyclic amines) is 1. The van der Waals surface area contributed by atoms with Gasteiger partial charge >= 0.3 is 0 Å². The average molecular weight is 317 g/mol. The first kappa shape index (κ1) is 18.0. The van der Waals surface area contributed by atoms with Crippen molar-refractivity contribution in [2.45, 2.75) is 64.1 Å². The Morgan fingerprint density at radius 3 is 2.70 bits per heavy atom. The van der Waals surface area contributed by atoms with Crippen LogP contribution in [0.15, 0.2) is 30.3 Å². The highest BCUT2D eigenvalue weighted by atomic mass is 16.1. The van der Waals surface area contributed by atoms with Gasteiger partial charge in [0.2, 0.25) is 5.91 Å². The quantitative estimate of drug-likeness (QED) is 0.689. The van der Waals surface area contributed by atoms with Gasteiger partial charge in [0.1, 0.15) is 0 Å². The van der Waals surface area contributed by atoms with E-state index in [1.165, 1.54) is 5.56 Å². The molecule has 0 spiro atoms. The predicted molar refractivity (Wildman–Crippen MR) is 95.0 cm³/mol. The minimum absolute atomic E-state index is 0.205. The Morgan fingerprint density at radius 1 is 1.22 bits per heavy atom. The summed E-state index contributed by atoms with van der Waals surface area (Å²) in [6, 6.07) is 11.4. The van der Waals surface area contributed by atoms with E-state index in [1.807, 2.05) is 6.07 Å². The molecule has 1 aromatic carbocycles. The molecule has 1 aliphatic heterocycles. The van der Waals surface area contributed by atoms with Crippen molar-refractivity contribution in [3.05, 3.63) is 35.9 Å². The van der Waals surface area contributed by atoms with Crippen LogP contribution >= 0.6 is 0 Å². The number of nitrogens with zero attached hydrogens (tertiary/aromatic N) is 1. The van der Waals surface area contributed by atoms with Crippen LogP contribution in [-0.4, -0.2) is 36.0 Å². The molecule has 2 atom stereocenters. The molecule has 2 rings (SSSR count). The van der Waals surface area contributed by atoms with Gasteiger partial charge in [-0.25, -0.2) is 0 Å². The fourth-order valence-electron chi connectivity index (χ4n) is 3.32. The summed E-state index contributed by atoms with van der Waals surface area (Å²) in [4.78, 5) is 14.5. The number of hydrogen-bond acceptors (Lipinski definition) is 3. The molecule has 0 aromatic heterocycles. The average Bonchev–Trinajstić information content (AvgIpc) is 2.87. The second-order valence-corrected chi connectivity index (χ2v) is 6.72. The minimum Gasteiger partial charge on any atom is -0.352 e. The van der Waals surface area contributed by atoms with Crippen LogP contribution in [0.4, 0.5) is 0 Å². The number of nitrogens with two attached hydrogens (primary N) is 1. The Morgan fingerprint density at radius 2 is 1.96 bits per heavy atom. The van der Waals surface area contributed by atoms with Gasteiger partial charge in [-0.3, -0.25) is 9.69 Å². The number of amides is 1. The van der Waals surface area contributed by atoms with E-state index in [9.17, 15) is 4.79 Å². The third-order valence-corrected chi connectivity index (χ3v) is 4.66. The van der Waals surface area contributed by atoms with Crippen molar-refractivity contribution >= 4 is 5.91 Å². The lowest BCUT2D eigenvalue weighted by Gasteiger charge is -2.20. The lowest BCUT2D eigenvalue weighted by Crippen LogP contribution is -2.36. The van der Waals surface area contributed by atoms with Gasteiger partial charge in [0.25, 0.3) is 0 Å². The van der Waals surface area contributed by atoms with Crippen molar-refractivity contribution in [2.24, 2.45) is 5.73 Å². The maximum absolute atomic E-state index is 12.0. The van der Waals surface area contributed by atoms with E-state index < -0.39 is 0 Å². The van der Waals surface area contributed by atoms with Crippen LogP contribution in [0.3, 0.4) is 0 Å². The highest BCUT2D eigenvalue weighted by molar-refractivity contribution is 5.76.